The molecule has 41 valence electrons. The van der Waals surface area contributed by atoms with E-state index in [1.165, 1.54) is 0 Å². The van der Waals surface area contributed by atoms with Gasteiger partial charge >= 0.3 is 74.8 Å². The van der Waals surface area contributed by atoms with Crippen molar-refractivity contribution in [2.75, 3.05) is 0 Å². The van der Waals surface area contributed by atoms with Gasteiger partial charge in [0.25, 0.3) is 0 Å². The van der Waals surface area contributed by atoms with Crippen LogP contribution in [0.1, 0.15) is 0 Å². The quantitative estimate of drug-likeness (QED) is 0.258. The van der Waals surface area contributed by atoms with Crippen molar-refractivity contribution in [3.8, 4) is 0 Å². The molecule has 0 saturated heterocycles. The van der Waals surface area contributed by atoms with Crippen LogP contribution in [0.5, 0.6) is 0 Å². The topological polar surface area (TPSA) is 0 Å². The molecular weight excluding hydrogens is 905 g/mol. The minimum absolute atomic E-state index is 0. The zero-order chi connectivity index (χ0) is 4.50. The molecule has 0 fully saturated rings. The van der Waals surface area contributed by atoms with Crippen LogP contribution in [0.2, 0.25) is 0 Å². The van der Waals surface area contributed by atoms with Crippen LogP contribution in [0, 0.1) is 0 Å². The van der Waals surface area contributed by atoms with Gasteiger partial charge in [0.15, 0.2) is 0 Å². The second-order valence-corrected chi connectivity index (χ2v) is 239. The standard InChI is InChI=1S/Au.Hg.4HI/h;;4*1H/q;+4;;;;/p-4. The molecule has 0 aliphatic heterocycles. The van der Waals surface area contributed by atoms with Gasteiger partial charge in [-0.3, -0.25) is 0 Å². The summed E-state index contributed by atoms with van der Waals surface area (Å²) in [5.41, 5.74) is 0. The Morgan fingerprint density at radius 2 is 0.833 bits per heavy atom. The van der Waals surface area contributed by atoms with Gasteiger partial charge in [0.05, 0.1) is 0 Å². The van der Waals surface area contributed by atoms with Crippen molar-refractivity contribution in [3.05, 3.63) is 0 Å². The fourth-order valence-electron chi connectivity index (χ4n) is 0. The Morgan fingerprint density at radius 3 is 0.833 bits per heavy atom. The Morgan fingerprint density at radius 1 is 0.833 bits per heavy atom. The first-order chi connectivity index (χ1) is 2.00. The molecule has 0 rings (SSSR count). The molecule has 0 aromatic carbocycles. The average molecular weight is 905 g/mol. The molecule has 0 aromatic rings. The molecule has 0 unspecified atom stereocenters. The Labute approximate surface area is 93.5 Å². The summed E-state index contributed by atoms with van der Waals surface area (Å²) in [5, 5.41) is 0. The van der Waals surface area contributed by atoms with Crippen LogP contribution >= 0.6 is 70.7 Å². The molecule has 1 radical (unpaired) electrons. The van der Waals surface area contributed by atoms with Crippen LogP contribution < -0.4 is 0 Å². The zero-order valence-electron chi connectivity index (χ0n) is 2.52. The first-order valence-electron chi connectivity index (χ1n) is 1.07. The Kier molecular flexibility index (Phi) is 13.9. The molecular formula is AuHgI4. The van der Waals surface area contributed by atoms with E-state index in [9.17, 15) is 0 Å². The molecule has 0 amide bonds. The van der Waals surface area contributed by atoms with Gasteiger partial charge in [-0.15, -0.1) is 0 Å². The molecule has 0 spiro atoms. The molecule has 6 heteroatoms. The summed E-state index contributed by atoms with van der Waals surface area (Å²) >= 11 is 10.3. The molecule has 0 aliphatic carbocycles. The van der Waals surface area contributed by atoms with Gasteiger partial charge in [0, 0.05) is 22.4 Å². The number of hydrogen-bond donors (Lipinski definition) is 0. The van der Waals surface area contributed by atoms with E-state index in [0.29, 0.717) is 0 Å². The second kappa shape index (κ2) is 6.31. The minimum atomic E-state index is -1.51. The van der Waals surface area contributed by atoms with E-state index in [1.807, 2.05) is 0 Å². The third-order valence-corrected chi connectivity index (χ3v) is 0. The van der Waals surface area contributed by atoms with Gasteiger partial charge in [-0.25, -0.2) is 0 Å². The molecule has 0 bridgehead atoms. The number of hydrogen-bond acceptors (Lipinski definition) is 0. The van der Waals surface area contributed by atoms with Gasteiger partial charge in [0.2, 0.25) is 0 Å². The van der Waals surface area contributed by atoms with Crippen molar-refractivity contribution < 1.29 is 26.5 Å². The fourth-order valence-corrected chi connectivity index (χ4v) is 0. The molecule has 0 heterocycles. The summed E-state index contributed by atoms with van der Waals surface area (Å²) in [6.45, 7) is 0. The summed E-state index contributed by atoms with van der Waals surface area (Å²) in [4.78, 5) is 0. The molecule has 0 aliphatic rings. The summed E-state index contributed by atoms with van der Waals surface area (Å²) in [6.07, 6.45) is 0. The Hall–Kier alpha value is 4.60. The second-order valence-electron chi connectivity index (χ2n) is 0.606. The van der Waals surface area contributed by atoms with Gasteiger partial charge in [-0.05, 0) is 0 Å². The normalized spacial score (nSPS) is 7.33. The maximum atomic E-state index is 2.57. The monoisotopic (exact) mass is 907 g/mol. The Bertz CT molecular complexity index is 23.0. The first kappa shape index (κ1) is 13.2. The van der Waals surface area contributed by atoms with E-state index >= 15 is 0 Å². The van der Waals surface area contributed by atoms with Crippen molar-refractivity contribution >= 4 is 70.7 Å². The third-order valence-electron chi connectivity index (χ3n) is 0. The van der Waals surface area contributed by atoms with Crippen molar-refractivity contribution in [1.82, 2.24) is 0 Å². The molecule has 0 atom stereocenters. The SMILES string of the molecule is [Au].[I][Hg]([I])([I])[I]. The molecule has 0 aromatic heterocycles. The molecule has 6 heavy (non-hydrogen) atoms. The predicted octanol–water partition coefficient (Wildman–Crippen LogP) is 3.54. The summed E-state index contributed by atoms with van der Waals surface area (Å²) < 4.78 is -1.51. The summed E-state index contributed by atoms with van der Waals surface area (Å²) in [6, 6.07) is 0. The van der Waals surface area contributed by atoms with E-state index < -0.39 is 4.17 Å². The van der Waals surface area contributed by atoms with Gasteiger partial charge in [-0.2, -0.15) is 0 Å². The number of halogens is 4. The van der Waals surface area contributed by atoms with Crippen molar-refractivity contribution in [1.29, 1.82) is 0 Å². The summed E-state index contributed by atoms with van der Waals surface area (Å²) in [5.74, 6) is 0. The third kappa shape index (κ3) is 23.5. The fraction of sp³-hybridized carbons (Fsp3) is 0. The molecule has 0 nitrogen and oxygen atoms in total. The van der Waals surface area contributed by atoms with Crippen LogP contribution in [0.25, 0.3) is 0 Å². The van der Waals surface area contributed by atoms with Crippen LogP contribution in [0.15, 0.2) is 0 Å². The maximum absolute atomic E-state index is 2.57. The van der Waals surface area contributed by atoms with Crippen LogP contribution in [0.4, 0.5) is 0 Å². The predicted molar refractivity (Wildman–Crippen MR) is 56.1 cm³/mol. The number of rotatable bonds is 0. The first-order valence-corrected chi connectivity index (χ1v) is 62.9. The van der Waals surface area contributed by atoms with Gasteiger partial charge < -0.3 is 0 Å². The molecule has 0 N–H and O–H groups in total. The van der Waals surface area contributed by atoms with E-state index in [1.54, 1.807) is 0 Å². The van der Waals surface area contributed by atoms with E-state index in [2.05, 4.69) is 70.7 Å². The average Bonchev–Trinajstić information content (AvgIpc) is 0.722. The van der Waals surface area contributed by atoms with Crippen molar-refractivity contribution in [3.63, 3.8) is 0 Å². The van der Waals surface area contributed by atoms with E-state index in [4.69, 9.17) is 0 Å². The Balaban J connectivity index is 0. The van der Waals surface area contributed by atoms with Crippen LogP contribution in [-0.2, 0) is 26.5 Å². The van der Waals surface area contributed by atoms with Crippen molar-refractivity contribution in [2.45, 2.75) is 0 Å². The van der Waals surface area contributed by atoms with Crippen LogP contribution in [-0.4, -0.2) is 0 Å². The zero-order valence-corrected chi connectivity index (χ0v) is 18.8. The van der Waals surface area contributed by atoms with Crippen molar-refractivity contribution in [2.24, 2.45) is 0 Å². The van der Waals surface area contributed by atoms with Gasteiger partial charge in [0.1, 0.15) is 0 Å². The summed E-state index contributed by atoms with van der Waals surface area (Å²) in [7, 11) is 0. The van der Waals surface area contributed by atoms with Gasteiger partial charge in [-0.1, -0.05) is 0 Å². The van der Waals surface area contributed by atoms with E-state index in [0.717, 1.165) is 0 Å². The van der Waals surface area contributed by atoms with Crippen LogP contribution in [0.3, 0.4) is 0 Å². The molecule has 0 saturated carbocycles. The van der Waals surface area contributed by atoms with E-state index in [-0.39, 0.29) is 22.4 Å².